The lowest BCUT2D eigenvalue weighted by Gasteiger charge is -2.11. The number of nitrogens with one attached hydrogen (secondary N) is 2. The Balaban J connectivity index is 1.90. The van der Waals surface area contributed by atoms with Crippen molar-refractivity contribution in [1.82, 2.24) is 15.0 Å². The molecule has 0 spiro atoms. The van der Waals surface area contributed by atoms with Crippen LogP contribution >= 0.6 is 0 Å². The fourth-order valence-electron chi connectivity index (χ4n) is 2.62. The van der Waals surface area contributed by atoms with Gasteiger partial charge in [0.25, 0.3) is 0 Å². The highest BCUT2D eigenvalue weighted by molar-refractivity contribution is 5.89. The van der Waals surface area contributed by atoms with Crippen LogP contribution in [0.25, 0.3) is 0 Å². The quantitative estimate of drug-likeness (QED) is 0.355. The number of carboxylic acid groups (broad SMARTS) is 2. The summed E-state index contributed by atoms with van der Waals surface area (Å²) in [6, 6.07) is 12.5. The Morgan fingerprint density at radius 1 is 0.833 bits per heavy atom. The van der Waals surface area contributed by atoms with Crippen LogP contribution in [0.2, 0.25) is 0 Å². The van der Waals surface area contributed by atoms with Crippen LogP contribution in [0.1, 0.15) is 33.0 Å². The average molecular weight is 408 g/mol. The van der Waals surface area contributed by atoms with E-state index in [4.69, 9.17) is 15.9 Å². The van der Waals surface area contributed by atoms with E-state index in [0.29, 0.717) is 36.6 Å². The molecule has 0 aliphatic rings. The molecule has 3 aromatic rings. The Hall–Kier alpha value is -4.05. The van der Waals surface area contributed by atoms with Crippen molar-refractivity contribution in [3.05, 3.63) is 65.5 Å². The smallest absolute Gasteiger partial charge is 0.335 e. The van der Waals surface area contributed by atoms with E-state index >= 15 is 0 Å². The molecule has 0 saturated heterocycles. The molecule has 1 aromatic heterocycles. The van der Waals surface area contributed by atoms with Gasteiger partial charge in [-0.15, -0.1) is 0 Å². The highest BCUT2D eigenvalue weighted by atomic mass is 16.4. The number of hydrogen-bond acceptors (Lipinski definition) is 8. The predicted molar refractivity (Wildman–Crippen MR) is 111 cm³/mol. The number of benzene rings is 2. The maximum atomic E-state index is 11.2. The topological polar surface area (TPSA) is 163 Å². The Kier molecular flexibility index (Phi) is 6.50. The minimum Gasteiger partial charge on any atom is -0.478 e. The second-order valence-corrected chi connectivity index (χ2v) is 6.31. The first-order chi connectivity index (χ1) is 14.4. The molecule has 0 saturated carbocycles. The van der Waals surface area contributed by atoms with E-state index in [9.17, 15) is 9.59 Å². The third-order valence-corrected chi connectivity index (χ3v) is 4.02. The Morgan fingerprint density at radius 2 is 1.33 bits per heavy atom. The number of aromatic carboxylic acids is 2. The molecule has 0 amide bonds. The number of nitrogens with two attached hydrogens (primary N) is 1. The van der Waals surface area contributed by atoms with Crippen LogP contribution in [0.3, 0.4) is 0 Å². The number of rotatable bonds is 9. The summed E-state index contributed by atoms with van der Waals surface area (Å²) in [5.74, 6) is -1.16. The lowest BCUT2D eigenvalue weighted by Crippen LogP contribution is -2.10. The van der Waals surface area contributed by atoms with Crippen LogP contribution in [-0.4, -0.2) is 43.6 Å². The standard InChI is InChI=1S/C20H20N6O4/c21-9-3-8-16-24-19(22-14-6-1-4-12(10-14)17(27)28)26-20(25-16)23-15-7-2-5-13(11-15)18(29)30/h1-2,4-7,10-11H,3,8-9,21H2,(H,27,28)(H,29,30)(H2,22,23,24,25,26). The zero-order valence-corrected chi connectivity index (χ0v) is 15.9. The van der Waals surface area contributed by atoms with Crippen LogP contribution in [0.4, 0.5) is 23.3 Å². The monoisotopic (exact) mass is 408 g/mol. The van der Waals surface area contributed by atoms with Gasteiger partial charge >= 0.3 is 11.9 Å². The number of carboxylic acids is 2. The molecule has 1 heterocycles. The van der Waals surface area contributed by atoms with Gasteiger partial charge in [0.2, 0.25) is 11.9 Å². The zero-order valence-electron chi connectivity index (χ0n) is 15.9. The molecule has 0 bridgehead atoms. The minimum absolute atomic E-state index is 0.126. The highest BCUT2D eigenvalue weighted by Gasteiger charge is 2.10. The molecule has 3 rings (SSSR count). The van der Waals surface area contributed by atoms with Crippen LogP contribution in [-0.2, 0) is 6.42 Å². The first-order valence-electron chi connectivity index (χ1n) is 9.10. The van der Waals surface area contributed by atoms with E-state index in [1.165, 1.54) is 24.3 Å². The summed E-state index contributed by atoms with van der Waals surface area (Å²) in [5.41, 5.74) is 6.84. The van der Waals surface area contributed by atoms with Crippen LogP contribution in [0, 0.1) is 0 Å². The van der Waals surface area contributed by atoms with E-state index < -0.39 is 11.9 Å². The second-order valence-electron chi connectivity index (χ2n) is 6.31. The number of nitrogens with zero attached hydrogens (tertiary/aromatic N) is 3. The van der Waals surface area contributed by atoms with E-state index in [2.05, 4.69) is 25.6 Å². The third-order valence-electron chi connectivity index (χ3n) is 4.02. The summed E-state index contributed by atoms with van der Waals surface area (Å²) in [6.45, 7) is 0.471. The lowest BCUT2D eigenvalue weighted by atomic mass is 10.2. The van der Waals surface area contributed by atoms with Crippen molar-refractivity contribution in [3.8, 4) is 0 Å². The first kappa shape index (κ1) is 20.7. The molecule has 0 radical (unpaired) electrons. The fourth-order valence-corrected chi connectivity index (χ4v) is 2.62. The Bertz CT molecular complexity index is 995. The predicted octanol–water partition coefficient (Wildman–Crippen LogP) is 2.65. The van der Waals surface area contributed by atoms with Crippen molar-refractivity contribution in [3.63, 3.8) is 0 Å². The van der Waals surface area contributed by atoms with Crippen molar-refractivity contribution in [2.45, 2.75) is 12.8 Å². The molecule has 0 aliphatic heterocycles. The molecule has 30 heavy (non-hydrogen) atoms. The van der Waals surface area contributed by atoms with Crippen molar-refractivity contribution < 1.29 is 19.8 Å². The van der Waals surface area contributed by atoms with Crippen molar-refractivity contribution in [2.75, 3.05) is 17.2 Å². The molecule has 154 valence electrons. The summed E-state index contributed by atoms with van der Waals surface area (Å²) >= 11 is 0. The van der Waals surface area contributed by atoms with E-state index in [1.54, 1.807) is 24.3 Å². The van der Waals surface area contributed by atoms with Crippen LogP contribution in [0.15, 0.2) is 48.5 Å². The van der Waals surface area contributed by atoms with Crippen molar-refractivity contribution >= 4 is 35.2 Å². The fraction of sp³-hybridized carbons (Fsp3) is 0.150. The van der Waals surface area contributed by atoms with Gasteiger partial charge in [-0.1, -0.05) is 12.1 Å². The largest absolute Gasteiger partial charge is 0.478 e. The number of hydrogen-bond donors (Lipinski definition) is 5. The number of aryl methyl sites for hydroxylation is 1. The first-order valence-corrected chi connectivity index (χ1v) is 9.10. The van der Waals surface area contributed by atoms with E-state index in [1.807, 2.05) is 0 Å². The summed E-state index contributed by atoms with van der Waals surface area (Å²) < 4.78 is 0. The minimum atomic E-state index is -1.04. The van der Waals surface area contributed by atoms with Gasteiger partial charge in [0.1, 0.15) is 5.82 Å². The molecular weight excluding hydrogens is 388 g/mol. The molecule has 0 atom stereocenters. The molecule has 10 nitrogen and oxygen atoms in total. The molecule has 0 fully saturated rings. The summed E-state index contributed by atoms with van der Waals surface area (Å²) in [4.78, 5) is 35.4. The molecule has 2 aromatic carbocycles. The zero-order chi connectivity index (χ0) is 21.5. The van der Waals surface area contributed by atoms with Gasteiger partial charge in [-0.2, -0.15) is 15.0 Å². The maximum Gasteiger partial charge on any atom is 0.335 e. The Labute approximate surface area is 171 Å². The summed E-state index contributed by atoms with van der Waals surface area (Å²) in [6.07, 6.45) is 1.19. The lowest BCUT2D eigenvalue weighted by molar-refractivity contribution is 0.0686. The van der Waals surface area contributed by atoms with E-state index in [-0.39, 0.29) is 23.0 Å². The van der Waals surface area contributed by atoms with E-state index in [0.717, 1.165) is 0 Å². The van der Waals surface area contributed by atoms with Gasteiger partial charge in [0.05, 0.1) is 11.1 Å². The molecular formula is C20H20N6O4. The second kappa shape index (κ2) is 9.43. The van der Waals surface area contributed by atoms with Gasteiger partial charge in [0.15, 0.2) is 0 Å². The number of anilines is 4. The van der Waals surface area contributed by atoms with Gasteiger partial charge in [-0.05, 0) is 49.4 Å². The number of aromatic nitrogens is 3. The SMILES string of the molecule is NCCCc1nc(Nc2cccc(C(=O)O)c2)nc(Nc2cccc(C(=O)O)c2)n1. The van der Waals surface area contributed by atoms with Gasteiger partial charge in [-0.25, -0.2) is 9.59 Å². The highest BCUT2D eigenvalue weighted by Crippen LogP contribution is 2.19. The van der Waals surface area contributed by atoms with Crippen LogP contribution in [0.5, 0.6) is 0 Å². The van der Waals surface area contributed by atoms with Gasteiger partial charge < -0.3 is 26.6 Å². The van der Waals surface area contributed by atoms with Gasteiger partial charge in [-0.3, -0.25) is 0 Å². The summed E-state index contributed by atoms with van der Waals surface area (Å²) in [7, 11) is 0. The van der Waals surface area contributed by atoms with Crippen molar-refractivity contribution in [2.24, 2.45) is 5.73 Å². The molecule has 6 N–H and O–H groups in total. The average Bonchev–Trinajstić information content (AvgIpc) is 2.72. The molecule has 10 heteroatoms. The van der Waals surface area contributed by atoms with Crippen molar-refractivity contribution in [1.29, 1.82) is 0 Å². The maximum absolute atomic E-state index is 11.2. The summed E-state index contributed by atoms with van der Waals surface area (Å²) in [5, 5.41) is 24.3. The van der Waals surface area contributed by atoms with Crippen LogP contribution < -0.4 is 16.4 Å². The third kappa shape index (κ3) is 5.49. The van der Waals surface area contributed by atoms with Gasteiger partial charge in [0, 0.05) is 17.8 Å². The Morgan fingerprint density at radius 3 is 1.77 bits per heavy atom. The number of carbonyl (C=O) groups is 2. The molecule has 0 aliphatic carbocycles. The molecule has 0 unspecified atom stereocenters. The normalized spacial score (nSPS) is 10.4.